The van der Waals surface area contributed by atoms with Gasteiger partial charge in [-0.1, -0.05) is 55.7 Å². The molecule has 0 bridgehead atoms. The molecule has 186 valence electrons. The predicted octanol–water partition coefficient (Wildman–Crippen LogP) is 5.31. The fourth-order valence-electron chi connectivity index (χ4n) is 4.81. The molecule has 4 rings (SSSR count). The largest absolute Gasteiger partial charge is 0.352 e. The highest BCUT2D eigenvalue weighted by atomic mass is 32.1. The van der Waals surface area contributed by atoms with Crippen molar-refractivity contribution < 1.29 is 4.79 Å². The summed E-state index contributed by atoms with van der Waals surface area (Å²) in [6.45, 7) is 4.48. The standard InChI is InChI=1S/C28H36N4O2S/c33-26(29-20-22-11-10-12-23(19-22)21-31-16-7-1-2-8-17-31)15-4-3-9-18-32-27(34)24-13-5-6-14-25(24)30-28(32)35/h5-6,10-14,19H,1-4,7-9,15-18,20-21H2,(H,29,33)(H,30,35). The Morgan fingerprint density at radius 1 is 0.943 bits per heavy atom. The SMILES string of the molecule is O=C(CCCCCn1c(=S)[nH]c2ccccc2c1=O)NCc1cccc(CN2CCCCCC2)c1. The minimum atomic E-state index is -0.0554. The third kappa shape index (κ3) is 7.36. The van der Waals surface area contributed by atoms with E-state index in [9.17, 15) is 9.59 Å². The molecule has 1 aliphatic heterocycles. The van der Waals surface area contributed by atoms with Crippen LogP contribution in [0.4, 0.5) is 0 Å². The number of aromatic nitrogens is 2. The number of likely N-dealkylation sites (tertiary alicyclic amines) is 1. The van der Waals surface area contributed by atoms with Crippen LogP contribution in [-0.4, -0.2) is 33.4 Å². The monoisotopic (exact) mass is 492 g/mol. The van der Waals surface area contributed by atoms with Crippen molar-refractivity contribution in [2.45, 2.75) is 71.0 Å². The van der Waals surface area contributed by atoms with Gasteiger partial charge < -0.3 is 10.3 Å². The lowest BCUT2D eigenvalue weighted by molar-refractivity contribution is -0.121. The van der Waals surface area contributed by atoms with Crippen LogP contribution in [0, 0.1) is 4.77 Å². The van der Waals surface area contributed by atoms with Gasteiger partial charge >= 0.3 is 0 Å². The lowest BCUT2D eigenvalue weighted by atomic mass is 10.1. The molecule has 2 aromatic carbocycles. The van der Waals surface area contributed by atoms with Gasteiger partial charge in [0.15, 0.2) is 4.77 Å². The zero-order chi connectivity index (χ0) is 24.5. The molecular formula is C28H36N4O2S. The van der Waals surface area contributed by atoms with E-state index >= 15 is 0 Å². The summed E-state index contributed by atoms with van der Waals surface area (Å²) < 4.78 is 2.07. The van der Waals surface area contributed by atoms with Crippen LogP contribution in [0.25, 0.3) is 10.9 Å². The summed E-state index contributed by atoms with van der Waals surface area (Å²) >= 11 is 5.37. The van der Waals surface area contributed by atoms with Crippen molar-refractivity contribution in [1.29, 1.82) is 0 Å². The predicted molar refractivity (Wildman–Crippen MR) is 144 cm³/mol. The maximum absolute atomic E-state index is 12.7. The topological polar surface area (TPSA) is 70.1 Å². The van der Waals surface area contributed by atoms with Gasteiger partial charge in [-0.05, 0) is 74.3 Å². The van der Waals surface area contributed by atoms with Gasteiger partial charge in [0.05, 0.1) is 10.9 Å². The molecule has 35 heavy (non-hydrogen) atoms. The van der Waals surface area contributed by atoms with Gasteiger partial charge in [0.25, 0.3) is 5.56 Å². The first kappa shape index (κ1) is 25.3. The van der Waals surface area contributed by atoms with Crippen LogP contribution < -0.4 is 10.9 Å². The van der Waals surface area contributed by atoms with Gasteiger partial charge in [-0.15, -0.1) is 0 Å². The molecule has 3 aromatic rings. The molecule has 2 N–H and O–H groups in total. The van der Waals surface area contributed by atoms with E-state index in [1.807, 2.05) is 24.3 Å². The number of aromatic amines is 1. The van der Waals surface area contributed by atoms with Gasteiger partial charge in [-0.3, -0.25) is 19.1 Å². The Bertz CT molecular complexity index is 1240. The number of rotatable bonds is 10. The third-order valence-electron chi connectivity index (χ3n) is 6.76. The molecule has 7 heteroatoms. The lowest BCUT2D eigenvalue weighted by Crippen LogP contribution is -2.24. The van der Waals surface area contributed by atoms with Gasteiger partial charge in [0.1, 0.15) is 0 Å². The van der Waals surface area contributed by atoms with E-state index in [0.717, 1.165) is 36.9 Å². The lowest BCUT2D eigenvalue weighted by Gasteiger charge is -2.20. The first-order valence-corrected chi connectivity index (χ1v) is 13.3. The fourth-order valence-corrected chi connectivity index (χ4v) is 5.10. The summed E-state index contributed by atoms with van der Waals surface area (Å²) in [4.78, 5) is 30.7. The van der Waals surface area contributed by atoms with Crippen molar-refractivity contribution >= 4 is 29.0 Å². The number of hydrogen-bond donors (Lipinski definition) is 2. The zero-order valence-electron chi connectivity index (χ0n) is 20.4. The number of carbonyl (C=O) groups is 1. The Hall–Kier alpha value is -2.77. The summed E-state index contributed by atoms with van der Waals surface area (Å²) in [5, 5.41) is 3.71. The molecule has 1 aromatic heterocycles. The highest BCUT2D eigenvalue weighted by Gasteiger charge is 2.10. The van der Waals surface area contributed by atoms with Gasteiger partial charge in [-0.2, -0.15) is 0 Å². The van der Waals surface area contributed by atoms with E-state index in [4.69, 9.17) is 12.2 Å². The Balaban J connectivity index is 1.18. The summed E-state index contributed by atoms with van der Waals surface area (Å²) in [5.74, 6) is 0.0723. The second kappa shape index (κ2) is 12.8. The summed E-state index contributed by atoms with van der Waals surface area (Å²) in [7, 11) is 0. The van der Waals surface area contributed by atoms with Crippen molar-refractivity contribution in [3.8, 4) is 0 Å². The van der Waals surface area contributed by atoms with Crippen molar-refractivity contribution in [2.75, 3.05) is 13.1 Å². The second-order valence-electron chi connectivity index (χ2n) is 9.53. The van der Waals surface area contributed by atoms with E-state index in [1.165, 1.54) is 44.3 Å². The minimum absolute atomic E-state index is 0.0554. The van der Waals surface area contributed by atoms with E-state index < -0.39 is 0 Å². The number of carbonyl (C=O) groups excluding carboxylic acids is 1. The molecule has 1 saturated heterocycles. The number of nitrogens with one attached hydrogen (secondary N) is 2. The Kier molecular flexibility index (Phi) is 9.26. The number of para-hydroxylation sites is 1. The van der Waals surface area contributed by atoms with Gasteiger partial charge in [0.2, 0.25) is 5.91 Å². The van der Waals surface area contributed by atoms with Crippen LogP contribution in [-0.2, 0) is 24.4 Å². The number of nitrogens with zero attached hydrogens (tertiary/aromatic N) is 2. The number of unbranched alkanes of at least 4 members (excludes halogenated alkanes) is 2. The molecule has 0 aliphatic carbocycles. The molecule has 0 spiro atoms. The Morgan fingerprint density at radius 3 is 2.54 bits per heavy atom. The van der Waals surface area contributed by atoms with Crippen molar-refractivity contribution in [3.05, 3.63) is 74.8 Å². The molecule has 6 nitrogen and oxygen atoms in total. The second-order valence-corrected chi connectivity index (χ2v) is 9.92. The van der Waals surface area contributed by atoms with Crippen LogP contribution in [0.1, 0.15) is 62.5 Å². The number of fused-ring (bicyclic) bond motifs is 1. The summed E-state index contributed by atoms with van der Waals surface area (Å²) in [6.07, 6.45) is 8.24. The highest BCUT2D eigenvalue weighted by molar-refractivity contribution is 7.71. The fraction of sp³-hybridized carbons (Fsp3) is 0.464. The van der Waals surface area contributed by atoms with Crippen molar-refractivity contribution in [2.24, 2.45) is 0 Å². The van der Waals surface area contributed by atoms with Crippen LogP contribution in [0.15, 0.2) is 53.3 Å². The number of hydrogen-bond acceptors (Lipinski definition) is 4. The van der Waals surface area contributed by atoms with Gasteiger partial charge in [0, 0.05) is 26.1 Å². The minimum Gasteiger partial charge on any atom is -0.352 e. The molecule has 0 saturated carbocycles. The van der Waals surface area contributed by atoms with Gasteiger partial charge in [-0.25, -0.2) is 0 Å². The van der Waals surface area contributed by atoms with E-state index in [0.29, 0.717) is 29.7 Å². The first-order valence-electron chi connectivity index (χ1n) is 12.9. The number of benzene rings is 2. The van der Waals surface area contributed by atoms with Crippen LogP contribution in [0.2, 0.25) is 0 Å². The maximum Gasteiger partial charge on any atom is 0.262 e. The zero-order valence-corrected chi connectivity index (χ0v) is 21.2. The third-order valence-corrected chi connectivity index (χ3v) is 7.08. The van der Waals surface area contributed by atoms with Crippen molar-refractivity contribution in [3.63, 3.8) is 0 Å². The Morgan fingerprint density at radius 2 is 1.71 bits per heavy atom. The molecule has 0 atom stereocenters. The molecule has 0 radical (unpaired) electrons. The molecule has 1 aliphatic rings. The highest BCUT2D eigenvalue weighted by Crippen LogP contribution is 2.14. The molecule has 2 heterocycles. The van der Waals surface area contributed by atoms with E-state index in [1.54, 1.807) is 4.57 Å². The average molecular weight is 493 g/mol. The molecular weight excluding hydrogens is 456 g/mol. The van der Waals surface area contributed by atoms with Crippen LogP contribution in [0.3, 0.4) is 0 Å². The maximum atomic E-state index is 12.7. The quantitative estimate of drug-likeness (QED) is 0.297. The van der Waals surface area contributed by atoms with Crippen molar-refractivity contribution in [1.82, 2.24) is 19.8 Å². The smallest absolute Gasteiger partial charge is 0.262 e. The van der Waals surface area contributed by atoms with Crippen LogP contribution in [0.5, 0.6) is 0 Å². The molecule has 1 amide bonds. The Labute approximate surface area is 212 Å². The molecule has 0 unspecified atom stereocenters. The number of H-pyrrole nitrogens is 1. The first-order chi connectivity index (χ1) is 17.1. The normalized spacial score (nSPS) is 14.6. The molecule has 1 fully saturated rings. The summed E-state index contributed by atoms with van der Waals surface area (Å²) in [6, 6.07) is 16.0. The average Bonchev–Trinajstić information content (AvgIpc) is 3.13. The van der Waals surface area contributed by atoms with Crippen LogP contribution >= 0.6 is 12.2 Å². The number of amides is 1. The van der Waals surface area contributed by atoms with E-state index in [-0.39, 0.29) is 11.5 Å². The summed E-state index contributed by atoms with van der Waals surface area (Å²) in [5.41, 5.74) is 3.18. The van der Waals surface area contributed by atoms with E-state index in [2.05, 4.69) is 39.5 Å².